The summed E-state index contributed by atoms with van der Waals surface area (Å²) in [6.07, 6.45) is 6.48. The number of hydrogen-bond acceptors (Lipinski definition) is 2. The molecule has 0 aromatic rings. The predicted molar refractivity (Wildman–Crippen MR) is 82.5 cm³/mol. The van der Waals surface area contributed by atoms with Crippen molar-refractivity contribution in [2.45, 2.75) is 65.9 Å². The standard InChI is InChI=1S/C19H30O2/c1-10-11(2)16-8-15(10)9-19(16,4)18(20)21-17-12(3)13-5-6-14(17)7-13/h10-17H,5-9H2,1-4H3. The quantitative estimate of drug-likeness (QED) is 0.709. The fraction of sp³-hybridized carbons (Fsp3) is 0.947. The van der Waals surface area contributed by atoms with Crippen LogP contribution in [0.4, 0.5) is 0 Å². The lowest BCUT2D eigenvalue weighted by Crippen LogP contribution is -2.43. The molecule has 0 spiro atoms. The molecule has 2 nitrogen and oxygen atoms in total. The van der Waals surface area contributed by atoms with Crippen molar-refractivity contribution in [1.29, 1.82) is 0 Å². The molecule has 0 aromatic heterocycles. The van der Waals surface area contributed by atoms with Crippen LogP contribution in [-0.2, 0) is 9.53 Å². The van der Waals surface area contributed by atoms with Crippen molar-refractivity contribution < 1.29 is 9.53 Å². The van der Waals surface area contributed by atoms with E-state index in [4.69, 9.17) is 4.74 Å². The first-order valence-electron chi connectivity index (χ1n) is 9.13. The maximum atomic E-state index is 13.0. The van der Waals surface area contributed by atoms with Gasteiger partial charge in [0.2, 0.25) is 0 Å². The number of ether oxygens (including phenoxy) is 1. The molecule has 21 heavy (non-hydrogen) atoms. The number of rotatable bonds is 2. The maximum Gasteiger partial charge on any atom is 0.312 e. The average molecular weight is 290 g/mol. The summed E-state index contributed by atoms with van der Waals surface area (Å²) >= 11 is 0. The Morgan fingerprint density at radius 3 is 2.24 bits per heavy atom. The molecule has 4 rings (SSSR count). The summed E-state index contributed by atoms with van der Waals surface area (Å²) in [4.78, 5) is 13.0. The van der Waals surface area contributed by atoms with Crippen molar-refractivity contribution in [3.8, 4) is 0 Å². The highest BCUT2D eigenvalue weighted by Crippen LogP contribution is 2.61. The van der Waals surface area contributed by atoms with Crippen LogP contribution in [0.1, 0.15) is 59.8 Å². The zero-order chi connectivity index (χ0) is 14.9. The van der Waals surface area contributed by atoms with Crippen LogP contribution >= 0.6 is 0 Å². The third kappa shape index (κ3) is 1.80. The molecule has 9 unspecified atom stereocenters. The second-order valence-corrected chi connectivity index (χ2v) is 9.00. The summed E-state index contributed by atoms with van der Waals surface area (Å²) in [5.41, 5.74) is -0.196. The van der Waals surface area contributed by atoms with Gasteiger partial charge in [0.25, 0.3) is 0 Å². The van der Waals surface area contributed by atoms with Gasteiger partial charge in [-0.1, -0.05) is 20.8 Å². The molecular weight excluding hydrogens is 260 g/mol. The molecule has 4 bridgehead atoms. The van der Waals surface area contributed by atoms with Crippen LogP contribution < -0.4 is 0 Å². The molecule has 0 radical (unpaired) electrons. The number of hydrogen-bond donors (Lipinski definition) is 0. The second-order valence-electron chi connectivity index (χ2n) is 9.00. The van der Waals surface area contributed by atoms with Gasteiger partial charge in [0.15, 0.2) is 0 Å². The summed E-state index contributed by atoms with van der Waals surface area (Å²) in [7, 11) is 0. The van der Waals surface area contributed by atoms with Crippen LogP contribution in [-0.4, -0.2) is 12.1 Å². The molecule has 0 amide bonds. The Morgan fingerprint density at radius 1 is 0.952 bits per heavy atom. The van der Waals surface area contributed by atoms with Crippen LogP contribution in [0.3, 0.4) is 0 Å². The fourth-order valence-corrected chi connectivity index (χ4v) is 6.58. The van der Waals surface area contributed by atoms with E-state index < -0.39 is 0 Å². The zero-order valence-electron chi connectivity index (χ0n) is 14.0. The van der Waals surface area contributed by atoms with Gasteiger partial charge in [-0.15, -0.1) is 0 Å². The number of esters is 1. The van der Waals surface area contributed by atoms with Gasteiger partial charge in [0, 0.05) is 0 Å². The first-order valence-corrected chi connectivity index (χ1v) is 9.13. The van der Waals surface area contributed by atoms with Crippen LogP contribution in [0.2, 0.25) is 0 Å². The Hall–Kier alpha value is -0.530. The Morgan fingerprint density at radius 2 is 1.67 bits per heavy atom. The summed E-state index contributed by atoms with van der Waals surface area (Å²) in [5, 5.41) is 0. The lowest BCUT2D eigenvalue weighted by Gasteiger charge is -2.40. The Kier molecular flexibility index (Phi) is 3.01. The van der Waals surface area contributed by atoms with Crippen LogP contribution in [0.5, 0.6) is 0 Å². The second kappa shape index (κ2) is 4.49. The first kappa shape index (κ1) is 14.1. The van der Waals surface area contributed by atoms with Gasteiger partial charge in [-0.25, -0.2) is 0 Å². The SMILES string of the molecule is CC1C2CC(C1C)C(C)(C(=O)OC1C3CCC(C3)C1C)C2. The van der Waals surface area contributed by atoms with Gasteiger partial charge < -0.3 is 4.74 Å². The molecule has 2 heteroatoms. The lowest BCUT2D eigenvalue weighted by molar-refractivity contribution is -0.171. The molecule has 0 N–H and O–H groups in total. The van der Waals surface area contributed by atoms with E-state index in [2.05, 4.69) is 27.7 Å². The van der Waals surface area contributed by atoms with Gasteiger partial charge in [-0.2, -0.15) is 0 Å². The van der Waals surface area contributed by atoms with Crippen molar-refractivity contribution >= 4 is 5.97 Å². The minimum absolute atomic E-state index is 0.137. The maximum absolute atomic E-state index is 13.0. The van der Waals surface area contributed by atoms with E-state index in [0.29, 0.717) is 23.7 Å². The Balaban J connectivity index is 1.49. The predicted octanol–water partition coefficient (Wildman–Crippen LogP) is 4.28. The summed E-state index contributed by atoms with van der Waals surface area (Å²) in [5.74, 6) is 4.98. The summed E-state index contributed by atoms with van der Waals surface area (Å²) in [6.45, 7) is 9.22. The van der Waals surface area contributed by atoms with Crippen molar-refractivity contribution in [2.24, 2.45) is 46.8 Å². The van der Waals surface area contributed by atoms with Gasteiger partial charge in [0.05, 0.1) is 5.41 Å². The minimum Gasteiger partial charge on any atom is -0.461 e. The van der Waals surface area contributed by atoms with Gasteiger partial charge in [0.1, 0.15) is 6.10 Å². The molecule has 4 aliphatic carbocycles. The highest BCUT2D eigenvalue weighted by atomic mass is 16.5. The highest BCUT2D eigenvalue weighted by Gasteiger charge is 2.60. The molecule has 9 atom stereocenters. The number of fused-ring (bicyclic) bond motifs is 4. The van der Waals surface area contributed by atoms with E-state index >= 15 is 0 Å². The molecule has 4 fully saturated rings. The molecule has 0 heterocycles. The molecule has 0 saturated heterocycles. The third-order valence-corrected chi connectivity index (χ3v) is 8.22. The smallest absolute Gasteiger partial charge is 0.312 e. The van der Waals surface area contributed by atoms with Crippen LogP contribution in [0.25, 0.3) is 0 Å². The normalized spacial score (nSPS) is 57.9. The first-order chi connectivity index (χ1) is 9.91. The van der Waals surface area contributed by atoms with Crippen molar-refractivity contribution in [3.63, 3.8) is 0 Å². The average Bonchev–Trinajstić information content (AvgIpc) is 3.17. The molecule has 118 valence electrons. The Bertz CT molecular complexity index is 454. The van der Waals surface area contributed by atoms with E-state index in [-0.39, 0.29) is 17.5 Å². The number of carbonyl (C=O) groups excluding carboxylic acids is 1. The molecule has 0 aliphatic heterocycles. The van der Waals surface area contributed by atoms with Crippen molar-refractivity contribution in [1.82, 2.24) is 0 Å². The fourth-order valence-electron chi connectivity index (χ4n) is 6.58. The van der Waals surface area contributed by atoms with Crippen LogP contribution in [0.15, 0.2) is 0 Å². The highest BCUT2D eigenvalue weighted by molar-refractivity contribution is 5.78. The monoisotopic (exact) mass is 290 g/mol. The van der Waals surface area contributed by atoms with E-state index in [0.717, 1.165) is 24.2 Å². The largest absolute Gasteiger partial charge is 0.461 e. The van der Waals surface area contributed by atoms with Gasteiger partial charge in [-0.3, -0.25) is 4.79 Å². The third-order valence-electron chi connectivity index (χ3n) is 8.22. The Labute approximate surface area is 129 Å². The molecule has 4 saturated carbocycles. The summed E-state index contributed by atoms with van der Waals surface area (Å²) in [6, 6.07) is 0. The van der Waals surface area contributed by atoms with Gasteiger partial charge in [-0.05, 0) is 80.5 Å². The number of carbonyl (C=O) groups is 1. The van der Waals surface area contributed by atoms with E-state index in [1.165, 1.54) is 25.7 Å². The molecule has 0 aromatic carbocycles. The van der Waals surface area contributed by atoms with E-state index in [1.54, 1.807) is 0 Å². The van der Waals surface area contributed by atoms with Gasteiger partial charge >= 0.3 is 5.97 Å². The van der Waals surface area contributed by atoms with Crippen LogP contribution in [0, 0.1) is 46.8 Å². The zero-order valence-corrected chi connectivity index (χ0v) is 14.0. The lowest BCUT2D eigenvalue weighted by atomic mass is 9.67. The topological polar surface area (TPSA) is 26.3 Å². The molecular formula is C19H30O2. The summed E-state index contributed by atoms with van der Waals surface area (Å²) < 4.78 is 6.14. The molecule has 4 aliphatic rings. The van der Waals surface area contributed by atoms with E-state index in [1.807, 2.05) is 0 Å². The van der Waals surface area contributed by atoms with Crippen molar-refractivity contribution in [3.05, 3.63) is 0 Å². The van der Waals surface area contributed by atoms with Crippen molar-refractivity contribution in [2.75, 3.05) is 0 Å². The minimum atomic E-state index is -0.196. The van der Waals surface area contributed by atoms with E-state index in [9.17, 15) is 4.79 Å².